The predicted molar refractivity (Wildman–Crippen MR) is 86.8 cm³/mol. The van der Waals surface area contributed by atoms with Crippen molar-refractivity contribution in [1.29, 1.82) is 0 Å². The van der Waals surface area contributed by atoms with Gasteiger partial charge in [-0.05, 0) is 49.5 Å². The van der Waals surface area contributed by atoms with Crippen molar-refractivity contribution in [2.45, 2.75) is 50.3 Å². The monoisotopic (exact) mass is 330 g/mol. The summed E-state index contributed by atoms with van der Waals surface area (Å²) in [7, 11) is 0. The summed E-state index contributed by atoms with van der Waals surface area (Å²) in [5, 5.41) is 14.6. The molecule has 4 aliphatic rings. The molecule has 1 N–H and O–H groups in total. The highest BCUT2D eigenvalue weighted by molar-refractivity contribution is 5.68. The van der Waals surface area contributed by atoms with Crippen LogP contribution in [-0.2, 0) is 11.3 Å². The van der Waals surface area contributed by atoms with E-state index in [0.29, 0.717) is 24.7 Å². The van der Waals surface area contributed by atoms with E-state index in [4.69, 9.17) is 4.74 Å². The van der Waals surface area contributed by atoms with Crippen LogP contribution in [0.1, 0.15) is 37.7 Å². The lowest BCUT2D eigenvalue weighted by molar-refractivity contribution is -0.556. The van der Waals surface area contributed by atoms with Crippen LogP contribution in [0.5, 0.6) is 0 Å². The fourth-order valence-corrected chi connectivity index (χ4v) is 5.53. The molecule has 0 radical (unpaired) electrons. The molecular weight excluding hydrogens is 308 g/mol. The van der Waals surface area contributed by atoms with Crippen molar-refractivity contribution < 1.29 is 14.5 Å². The zero-order valence-corrected chi connectivity index (χ0v) is 13.5. The highest BCUT2D eigenvalue weighted by Crippen LogP contribution is 2.56. The average molecular weight is 330 g/mol. The molecule has 4 fully saturated rings. The van der Waals surface area contributed by atoms with Crippen LogP contribution in [0.25, 0.3) is 0 Å². The summed E-state index contributed by atoms with van der Waals surface area (Å²) in [6.45, 7) is 0.183. The Balaban J connectivity index is 1.47. The van der Waals surface area contributed by atoms with Crippen molar-refractivity contribution in [3.63, 3.8) is 0 Å². The lowest BCUT2D eigenvalue weighted by Gasteiger charge is -2.56. The van der Waals surface area contributed by atoms with Crippen molar-refractivity contribution in [3.05, 3.63) is 46.0 Å². The standard InChI is InChI=1S/C18H22N2O4/c21-17(24-11-12-4-2-1-3-5-12)19-18-9-13-6-14(10-18)8-15(7-13)16(18)20(22)23/h1-5,13-16H,6-11H2,(H,19,21). The van der Waals surface area contributed by atoms with Crippen LogP contribution in [0.15, 0.2) is 30.3 Å². The maximum atomic E-state index is 12.3. The Kier molecular flexibility index (Phi) is 3.70. The Bertz CT molecular complexity index is 634. The second-order valence-electron chi connectivity index (χ2n) is 7.68. The molecule has 0 aromatic heterocycles. The Hall–Kier alpha value is -2.11. The number of benzene rings is 1. The van der Waals surface area contributed by atoms with Crippen LogP contribution in [0.3, 0.4) is 0 Å². The number of nitro groups is 1. The highest BCUT2D eigenvalue weighted by Gasteiger charge is 2.63. The van der Waals surface area contributed by atoms with E-state index in [9.17, 15) is 14.9 Å². The molecule has 0 saturated heterocycles. The molecule has 5 rings (SSSR count). The first kappa shape index (κ1) is 15.4. The molecule has 6 heteroatoms. The van der Waals surface area contributed by atoms with Crippen molar-refractivity contribution in [2.75, 3.05) is 0 Å². The fourth-order valence-electron chi connectivity index (χ4n) is 5.53. The molecule has 4 bridgehead atoms. The van der Waals surface area contributed by atoms with Gasteiger partial charge in [0.1, 0.15) is 12.1 Å². The molecule has 0 spiro atoms. The van der Waals surface area contributed by atoms with Crippen molar-refractivity contribution >= 4 is 6.09 Å². The van der Waals surface area contributed by atoms with Gasteiger partial charge in [0, 0.05) is 10.8 Å². The Morgan fingerprint density at radius 2 is 1.88 bits per heavy atom. The summed E-state index contributed by atoms with van der Waals surface area (Å²) in [6, 6.07) is 8.78. The molecule has 1 amide bonds. The number of carbonyl (C=O) groups excluding carboxylic acids is 1. The van der Waals surface area contributed by atoms with Gasteiger partial charge in [0.15, 0.2) is 0 Å². The predicted octanol–water partition coefficient (Wildman–Crippen LogP) is 3.14. The maximum absolute atomic E-state index is 12.3. The van der Waals surface area contributed by atoms with Crippen LogP contribution in [0.2, 0.25) is 0 Å². The third-order valence-electron chi connectivity index (χ3n) is 6.05. The Morgan fingerprint density at radius 1 is 1.21 bits per heavy atom. The summed E-state index contributed by atoms with van der Waals surface area (Å²) in [5.41, 5.74) is 0.190. The first-order valence-electron chi connectivity index (χ1n) is 8.68. The van der Waals surface area contributed by atoms with Gasteiger partial charge in [0.2, 0.25) is 6.04 Å². The summed E-state index contributed by atoms with van der Waals surface area (Å²) < 4.78 is 5.32. The third-order valence-corrected chi connectivity index (χ3v) is 6.05. The van der Waals surface area contributed by atoms with Gasteiger partial charge in [-0.25, -0.2) is 4.79 Å². The summed E-state index contributed by atoms with van der Waals surface area (Å²) in [6.07, 6.45) is 3.92. The van der Waals surface area contributed by atoms with Crippen LogP contribution >= 0.6 is 0 Å². The van der Waals surface area contributed by atoms with Gasteiger partial charge in [-0.3, -0.25) is 10.1 Å². The normalized spacial score (nSPS) is 36.3. The van der Waals surface area contributed by atoms with E-state index in [2.05, 4.69) is 5.32 Å². The Labute approximate surface area is 140 Å². The van der Waals surface area contributed by atoms with E-state index in [1.807, 2.05) is 30.3 Å². The molecule has 128 valence electrons. The van der Waals surface area contributed by atoms with Gasteiger partial charge in [-0.1, -0.05) is 30.3 Å². The zero-order valence-electron chi connectivity index (χ0n) is 13.5. The number of carbonyl (C=O) groups is 1. The minimum atomic E-state index is -0.716. The molecule has 1 aromatic carbocycles. The van der Waals surface area contributed by atoms with E-state index in [-0.39, 0.29) is 17.4 Å². The van der Waals surface area contributed by atoms with Gasteiger partial charge < -0.3 is 10.1 Å². The number of hydrogen-bond acceptors (Lipinski definition) is 4. The van der Waals surface area contributed by atoms with Crippen LogP contribution in [0.4, 0.5) is 4.79 Å². The largest absolute Gasteiger partial charge is 0.445 e. The van der Waals surface area contributed by atoms with Gasteiger partial charge in [0.25, 0.3) is 0 Å². The second-order valence-corrected chi connectivity index (χ2v) is 7.68. The van der Waals surface area contributed by atoms with Crippen molar-refractivity contribution in [1.82, 2.24) is 5.32 Å². The van der Waals surface area contributed by atoms with E-state index in [1.54, 1.807) is 0 Å². The van der Waals surface area contributed by atoms with E-state index >= 15 is 0 Å². The minimum Gasteiger partial charge on any atom is -0.445 e. The molecule has 0 aliphatic heterocycles. The van der Waals surface area contributed by atoms with E-state index < -0.39 is 17.7 Å². The van der Waals surface area contributed by atoms with E-state index in [0.717, 1.165) is 24.8 Å². The number of rotatable bonds is 4. The lowest BCUT2D eigenvalue weighted by atomic mass is 9.51. The summed E-state index contributed by atoms with van der Waals surface area (Å²) in [4.78, 5) is 23.8. The fraction of sp³-hybridized carbons (Fsp3) is 0.611. The van der Waals surface area contributed by atoms with Crippen LogP contribution in [0, 0.1) is 27.9 Å². The molecule has 4 aliphatic carbocycles. The molecule has 3 atom stereocenters. The summed E-state index contributed by atoms with van der Waals surface area (Å²) in [5.74, 6) is 1.11. The number of ether oxygens (including phenoxy) is 1. The molecule has 1 aromatic rings. The first-order chi connectivity index (χ1) is 11.6. The molecular formula is C18H22N2O4. The van der Waals surface area contributed by atoms with Gasteiger partial charge >= 0.3 is 6.09 Å². The number of nitrogens with one attached hydrogen (secondary N) is 1. The van der Waals surface area contributed by atoms with E-state index in [1.165, 1.54) is 0 Å². The SMILES string of the molecule is O=C(NC12CC3CC(CC(C3)C1[N+](=O)[O-])C2)OCc1ccccc1. The quantitative estimate of drug-likeness (QED) is 0.679. The molecule has 3 unspecified atom stereocenters. The Morgan fingerprint density at radius 3 is 2.50 bits per heavy atom. The van der Waals surface area contributed by atoms with Gasteiger partial charge in [0.05, 0.1) is 0 Å². The molecule has 24 heavy (non-hydrogen) atoms. The number of alkyl carbamates (subject to hydrolysis) is 1. The van der Waals surface area contributed by atoms with Crippen LogP contribution < -0.4 is 5.32 Å². The smallest absolute Gasteiger partial charge is 0.408 e. The first-order valence-corrected chi connectivity index (χ1v) is 8.68. The average Bonchev–Trinajstić information content (AvgIpc) is 2.52. The maximum Gasteiger partial charge on any atom is 0.408 e. The lowest BCUT2D eigenvalue weighted by Crippen LogP contribution is -2.70. The number of hydrogen-bond donors (Lipinski definition) is 1. The topological polar surface area (TPSA) is 81.5 Å². The van der Waals surface area contributed by atoms with Crippen molar-refractivity contribution in [3.8, 4) is 0 Å². The van der Waals surface area contributed by atoms with Crippen LogP contribution in [-0.4, -0.2) is 22.6 Å². The minimum absolute atomic E-state index is 0.0978. The number of amides is 1. The van der Waals surface area contributed by atoms with Gasteiger partial charge in [-0.2, -0.15) is 0 Å². The highest BCUT2D eigenvalue weighted by atomic mass is 16.6. The molecule has 0 heterocycles. The zero-order chi connectivity index (χ0) is 16.7. The second kappa shape index (κ2) is 5.76. The number of nitrogens with zero attached hydrogens (tertiary/aromatic N) is 1. The van der Waals surface area contributed by atoms with Crippen molar-refractivity contribution in [2.24, 2.45) is 17.8 Å². The summed E-state index contributed by atoms with van der Waals surface area (Å²) >= 11 is 0. The third kappa shape index (κ3) is 2.64. The molecule has 6 nitrogen and oxygen atoms in total. The molecule has 4 saturated carbocycles. The van der Waals surface area contributed by atoms with Gasteiger partial charge in [-0.15, -0.1) is 0 Å².